The van der Waals surface area contributed by atoms with Crippen LogP contribution in [0, 0.1) is 17.2 Å². The molecule has 8 heteroatoms. The first kappa shape index (κ1) is 24.9. The highest BCUT2D eigenvalue weighted by Gasteiger charge is 2.31. The maximum atomic E-state index is 13.3. The van der Waals surface area contributed by atoms with Gasteiger partial charge in [0.2, 0.25) is 0 Å². The summed E-state index contributed by atoms with van der Waals surface area (Å²) < 4.78 is 7.76. The minimum Gasteiger partial charge on any atom is -0.446 e. The number of carbonyl (C=O) groups excluding carboxylic acids is 2. The van der Waals surface area contributed by atoms with E-state index in [4.69, 9.17) is 4.74 Å². The molecular formula is C30H32N4O3S. The zero-order valence-corrected chi connectivity index (χ0v) is 22.4. The van der Waals surface area contributed by atoms with Crippen molar-refractivity contribution in [1.29, 1.82) is 5.26 Å². The number of nitriles is 1. The van der Waals surface area contributed by atoms with Gasteiger partial charge in [0.25, 0.3) is 5.91 Å². The van der Waals surface area contributed by atoms with Crippen molar-refractivity contribution in [2.24, 2.45) is 5.92 Å². The lowest BCUT2D eigenvalue weighted by Crippen LogP contribution is -2.37. The first-order valence-electron chi connectivity index (χ1n) is 13.6. The van der Waals surface area contributed by atoms with Gasteiger partial charge in [-0.2, -0.15) is 17.0 Å². The predicted octanol–water partition coefficient (Wildman–Crippen LogP) is 6.44. The largest absolute Gasteiger partial charge is 0.446 e. The summed E-state index contributed by atoms with van der Waals surface area (Å²) in [6, 6.07) is 16.1. The molecule has 1 N–H and O–H groups in total. The molecule has 0 radical (unpaired) electrons. The van der Waals surface area contributed by atoms with Gasteiger partial charge in [-0.1, -0.05) is 18.2 Å². The molecule has 3 aliphatic rings. The molecule has 2 aromatic carbocycles. The third-order valence-electron chi connectivity index (χ3n) is 8.08. The molecule has 38 heavy (non-hydrogen) atoms. The number of ether oxygens (including phenoxy) is 1. The first-order valence-corrected chi connectivity index (χ1v) is 14.7. The molecule has 1 atom stereocenters. The van der Waals surface area contributed by atoms with Crippen molar-refractivity contribution in [2.45, 2.75) is 51.2 Å². The van der Waals surface area contributed by atoms with E-state index in [1.54, 1.807) is 0 Å². The minimum atomic E-state index is -0.442. The molecule has 6 rings (SSSR count). The van der Waals surface area contributed by atoms with Gasteiger partial charge in [-0.15, -0.1) is 0 Å². The van der Waals surface area contributed by atoms with Gasteiger partial charge < -0.3 is 14.2 Å². The van der Waals surface area contributed by atoms with Crippen molar-refractivity contribution in [3.8, 4) is 17.3 Å². The van der Waals surface area contributed by atoms with Gasteiger partial charge in [0.05, 0.1) is 16.8 Å². The Hall–Kier alpha value is -3.44. The average Bonchev–Trinajstić information content (AvgIpc) is 3.72. The second kappa shape index (κ2) is 10.4. The van der Waals surface area contributed by atoms with Gasteiger partial charge in [-0.25, -0.2) is 4.79 Å². The number of hydrogen-bond acceptors (Lipinski definition) is 5. The Kier molecular flexibility index (Phi) is 6.79. The number of amides is 2. The van der Waals surface area contributed by atoms with Gasteiger partial charge in [-0.3, -0.25) is 10.1 Å². The number of anilines is 1. The lowest BCUT2D eigenvalue weighted by Gasteiger charge is -2.30. The number of rotatable bonds is 6. The van der Waals surface area contributed by atoms with Crippen LogP contribution >= 0.6 is 11.8 Å². The van der Waals surface area contributed by atoms with Crippen molar-refractivity contribution in [3.05, 3.63) is 53.6 Å². The molecule has 2 amide bonds. The predicted molar refractivity (Wildman–Crippen MR) is 150 cm³/mol. The first-order chi connectivity index (χ1) is 18.5. The molecule has 0 bridgehead atoms. The van der Waals surface area contributed by atoms with Gasteiger partial charge in [0, 0.05) is 47.3 Å². The quantitative estimate of drug-likeness (QED) is 0.398. The van der Waals surface area contributed by atoms with Crippen molar-refractivity contribution < 1.29 is 14.3 Å². The van der Waals surface area contributed by atoms with E-state index >= 15 is 0 Å². The molecule has 2 heterocycles. The zero-order chi connectivity index (χ0) is 26.2. The third kappa shape index (κ3) is 4.76. The molecule has 1 aromatic heterocycles. The van der Waals surface area contributed by atoms with E-state index in [2.05, 4.69) is 16.0 Å². The van der Waals surface area contributed by atoms with Crippen LogP contribution in [0.4, 0.5) is 10.5 Å². The number of thioether (sulfide) groups is 1. The number of fused-ring (bicyclic) bond motifs is 1. The van der Waals surface area contributed by atoms with Crippen LogP contribution < -0.4 is 5.32 Å². The van der Waals surface area contributed by atoms with Crippen molar-refractivity contribution in [3.63, 3.8) is 0 Å². The average molecular weight is 529 g/mol. The summed E-state index contributed by atoms with van der Waals surface area (Å²) in [5.74, 6) is 2.48. The van der Waals surface area contributed by atoms with Gasteiger partial charge in [-0.05, 0) is 74.8 Å². The van der Waals surface area contributed by atoms with E-state index in [1.165, 1.54) is 0 Å². The lowest BCUT2D eigenvalue weighted by molar-refractivity contribution is 0.0772. The highest BCUT2D eigenvalue weighted by Crippen LogP contribution is 2.43. The van der Waals surface area contributed by atoms with Crippen LogP contribution in [0.3, 0.4) is 0 Å². The molecule has 3 aromatic rings. The van der Waals surface area contributed by atoms with Gasteiger partial charge >= 0.3 is 6.09 Å². The molecule has 3 fully saturated rings. The monoisotopic (exact) mass is 528 g/mol. The molecule has 2 aliphatic carbocycles. The molecule has 7 nitrogen and oxygen atoms in total. The summed E-state index contributed by atoms with van der Waals surface area (Å²) in [6.45, 7) is 3.48. The molecule has 2 saturated carbocycles. The van der Waals surface area contributed by atoms with E-state index < -0.39 is 6.09 Å². The Balaban J connectivity index is 1.33. The SMILES string of the molecule is C[C@@H](OC(=O)Nc1ccc(-c2c(C#N)c3ccc(C(=O)N4CCSCC4)cc3n2C2CCC2)cc1)C1CC1. The van der Waals surface area contributed by atoms with Crippen LogP contribution in [0.5, 0.6) is 0 Å². The van der Waals surface area contributed by atoms with Crippen LogP contribution in [0.1, 0.15) is 61.0 Å². The lowest BCUT2D eigenvalue weighted by atomic mass is 9.92. The minimum absolute atomic E-state index is 0.0620. The number of carbonyl (C=O) groups is 2. The Morgan fingerprint density at radius 2 is 1.82 bits per heavy atom. The van der Waals surface area contributed by atoms with E-state index in [-0.39, 0.29) is 12.0 Å². The Morgan fingerprint density at radius 3 is 2.45 bits per heavy atom. The molecule has 1 saturated heterocycles. The summed E-state index contributed by atoms with van der Waals surface area (Å²) in [4.78, 5) is 27.5. The number of hydrogen-bond donors (Lipinski definition) is 1. The molecule has 0 spiro atoms. The number of benzene rings is 2. The van der Waals surface area contributed by atoms with Crippen LogP contribution in [0.25, 0.3) is 22.2 Å². The summed E-state index contributed by atoms with van der Waals surface area (Å²) in [7, 11) is 0. The van der Waals surface area contributed by atoms with Gasteiger partial charge in [0.15, 0.2) is 0 Å². The number of nitrogens with zero attached hydrogens (tertiary/aromatic N) is 3. The maximum Gasteiger partial charge on any atom is 0.411 e. The summed E-state index contributed by atoms with van der Waals surface area (Å²) in [5, 5.41) is 13.9. The van der Waals surface area contributed by atoms with Crippen molar-refractivity contribution in [2.75, 3.05) is 29.9 Å². The molecule has 1 aliphatic heterocycles. The second-order valence-corrected chi connectivity index (χ2v) is 11.8. The van der Waals surface area contributed by atoms with Crippen molar-refractivity contribution in [1.82, 2.24) is 9.47 Å². The van der Waals surface area contributed by atoms with Crippen LogP contribution in [-0.2, 0) is 4.74 Å². The summed E-state index contributed by atoms with van der Waals surface area (Å²) in [5.41, 5.74) is 4.69. The summed E-state index contributed by atoms with van der Waals surface area (Å²) >= 11 is 1.88. The molecule has 0 unspecified atom stereocenters. The molecule has 196 valence electrons. The fourth-order valence-electron chi connectivity index (χ4n) is 5.50. The van der Waals surface area contributed by atoms with Crippen molar-refractivity contribution >= 4 is 40.4 Å². The molecular weight excluding hydrogens is 496 g/mol. The van der Waals surface area contributed by atoms with E-state index in [1.807, 2.05) is 66.1 Å². The fraction of sp³-hybridized carbons (Fsp3) is 0.433. The topological polar surface area (TPSA) is 87.4 Å². The zero-order valence-electron chi connectivity index (χ0n) is 21.6. The Labute approximate surface area is 227 Å². The number of aromatic nitrogens is 1. The maximum absolute atomic E-state index is 13.3. The Morgan fingerprint density at radius 1 is 1.08 bits per heavy atom. The fourth-order valence-corrected chi connectivity index (χ4v) is 6.41. The normalized spacial score (nSPS) is 18.5. The van der Waals surface area contributed by atoms with E-state index in [9.17, 15) is 14.9 Å². The van der Waals surface area contributed by atoms with E-state index in [0.717, 1.165) is 78.9 Å². The second-order valence-electron chi connectivity index (χ2n) is 10.6. The summed E-state index contributed by atoms with van der Waals surface area (Å²) in [6.07, 6.45) is 4.97. The van der Waals surface area contributed by atoms with Crippen LogP contribution in [0.15, 0.2) is 42.5 Å². The highest BCUT2D eigenvalue weighted by atomic mass is 32.2. The number of nitrogens with one attached hydrogen (secondary N) is 1. The van der Waals surface area contributed by atoms with E-state index in [0.29, 0.717) is 28.8 Å². The van der Waals surface area contributed by atoms with Gasteiger partial charge in [0.1, 0.15) is 12.2 Å². The smallest absolute Gasteiger partial charge is 0.411 e. The standard InChI is InChI=1S/C30H32N4O3S/c1-19(20-5-6-20)37-30(36)32-23-10-7-21(8-11-23)28-26(18-31)25-12-9-22(29(35)33-13-15-38-16-14-33)17-27(25)34(28)24-3-2-4-24/h7-12,17,19-20,24H,2-6,13-16H2,1H3,(H,32,36)/t19-/m1/s1. The Bertz CT molecular complexity index is 1410. The third-order valence-corrected chi connectivity index (χ3v) is 9.03. The van der Waals surface area contributed by atoms with Crippen LogP contribution in [0.2, 0.25) is 0 Å². The van der Waals surface area contributed by atoms with Crippen LogP contribution in [-0.4, -0.2) is 52.2 Å². The highest BCUT2D eigenvalue weighted by molar-refractivity contribution is 7.99.